The van der Waals surface area contributed by atoms with Crippen LogP contribution in [0.4, 0.5) is 10.5 Å². The third kappa shape index (κ3) is 2.25. The van der Waals surface area contributed by atoms with E-state index < -0.39 is 11.0 Å². The lowest BCUT2D eigenvalue weighted by Gasteiger charge is -2.26. The van der Waals surface area contributed by atoms with Gasteiger partial charge >= 0.3 is 6.09 Å². The van der Waals surface area contributed by atoms with Crippen molar-refractivity contribution in [1.82, 2.24) is 4.90 Å². The van der Waals surface area contributed by atoms with Crippen molar-refractivity contribution < 1.29 is 14.3 Å². The Labute approximate surface area is 130 Å². The summed E-state index contributed by atoms with van der Waals surface area (Å²) < 4.78 is 5.43. The van der Waals surface area contributed by atoms with E-state index >= 15 is 0 Å². The van der Waals surface area contributed by atoms with E-state index in [1.54, 1.807) is 4.90 Å². The largest absolute Gasteiger partial charge is 0.444 e. The predicted octanol–water partition coefficient (Wildman–Crippen LogP) is 2.83. The second kappa shape index (κ2) is 4.73. The molecule has 2 heterocycles. The highest BCUT2D eigenvalue weighted by molar-refractivity contribution is 6.07. The highest BCUT2D eigenvalue weighted by atomic mass is 16.6. The quantitative estimate of drug-likeness (QED) is 0.801. The minimum absolute atomic E-state index is 0.0112. The number of amides is 2. The van der Waals surface area contributed by atoms with Crippen LogP contribution in [0.15, 0.2) is 18.2 Å². The molecule has 2 aliphatic heterocycles. The average molecular weight is 302 g/mol. The van der Waals surface area contributed by atoms with Crippen LogP contribution in [0.2, 0.25) is 0 Å². The molecule has 5 heteroatoms. The van der Waals surface area contributed by atoms with Gasteiger partial charge in [-0.1, -0.05) is 18.2 Å². The maximum atomic E-state index is 12.6. The fourth-order valence-corrected chi connectivity index (χ4v) is 3.29. The summed E-state index contributed by atoms with van der Waals surface area (Å²) in [6.45, 7) is 8.44. The van der Waals surface area contributed by atoms with E-state index in [4.69, 9.17) is 4.74 Å². The lowest BCUT2D eigenvalue weighted by molar-refractivity contribution is -0.120. The van der Waals surface area contributed by atoms with Gasteiger partial charge in [0, 0.05) is 18.8 Å². The van der Waals surface area contributed by atoms with Gasteiger partial charge in [-0.2, -0.15) is 0 Å². The van der Waals surface area contributed by atoms with Crippen molar-refractivity contribution in [3.63, 3.8) is 0 Å². The first-order chi connectivity index (χ1) is 10.2. The van der Waals surface area contributed by atoms with Gasteiger partial charge in [0.2, 0.25) is 5.91 Å². The van der Waals surface area contributed by atoms with Gasteiger partial charge in [0.15, 0.2) is 0 Å². The van der Waals surface area contributed by atoms with Crippen molar-refractivity contribution in [2.24, 2.45) is 0 Å². The molecular weight excluding hydrogens is 280 g/mol. The molecule has 1 saturated heterocycles. The Morgan fingerprint density at radius 3 is 2.77 bits per heavy atom. The van der Waals surface area contributed by atoms with Crippen LogP contribution >= 0.6 is 0 Å². The standard InChI is InChI=1S/C17H22N2O3/c1-11-6-5-7-12-13(11)18-14(20)17(12)8-9-19(10-17)15(21)22-16(2,3)4/h5-7H,8-10H2,1-4H3,(H,18,20)/t17-/m0/s1. The number of likely N-dealkylation sites (tertiary alicyclic amines) is 1. The number of para-hydroxylation sites is 1. The molecule has 0 aromatic heterocycles. The number of nitrogens with zero attached hydrogens (tertiary/aromatic N) is 1. The van der Waals surface area contributed by atoms with E-state index in [-0.39, 0.29) is 12.0 Å². The number of ether oxygens (including phenoxy) is 1. The van der Waals surface area contributed by atoms with E-state index in [0.717, 1.165) is 16.8 Å². The van der Waals surface area contributed by atoms with E-state index in [9.17, 15) is 9.59 Å². The summed E-state index contributed by atoms with van der Waals surface area (Å²) in [5.41, 5.74) is 1.80. The zero-order valence-electron chi connectivity index (χ0n) is 13.5. The summed E-state index contributed by atoms with van der Waals surface area (Å²) in [5.74, 6) is -0.0112. The Bertz CT molecular complexity index is 648. The maximum Gasteiger partial charge on any atom is 0.410 e. The first-order valence-corrected chi connectivity index (χ1v) is 7.62. The number of anilines is 1. The molecule has 118 valence electrons. The second-order valence-corrected chi connectivity index (χ2v) is 7.19. The Balaban J connectivity index is 1.87. The molecule has 2 amide bonds. The molecule has 5 nitrogen and oxygen atoms in total. The Morgan fingerprint density at radius 2 is 2.09 bits per heavy atom. The first-order valence-electron chi connectivity index (χ1n) is 7.62. The van der Waals surface area contributed by atoms with Crippen LogP contribution in [0.5, 0.6) is 0 Å². The summed E-state index contributed by atoms with van der Waals surface area (Å²) in [5, 5.41) is 2.99. The minimum atomic E-state index is -0.627. The van der Waals surface area contributed by atoms with Gasteiger partial charge in [-0.25, -0.2) is 4.79 Å². The molecule has 22 heavy (non-hydrogen) atoms. The number of aryl methyl sites for hydroxylation is 1. The number of fused-ring (bicyclic) bond motifs is 2. The molecule has 0 aliphatic carbocycles. The number of hydrogen-bond acceptors (Lipinski definition) is 3. The molecule has 1 aromatic rings. The number of hydrogen-bond donors (Lipinski definition) is 1. The van der Waals surface area contributed by atoms with Crippen molar-refractivity contribution in [2.45, 2.75) is 45.1 Å². The third-order valence-electron chi connectivity index (χ3n) is 4.38. The predicted molar refractivity (Wildman–Crippen MR) is 83.9 cm³/mol. The fourth-order valence-electron chi connectivity index (χ4n) is 3.29. The summed E-state index contributed by atoms with van der Waals surface area (Å²) >= 11 is 0. The van der Waals surface area contributed by atoms with Crippen LogP contribution in [-0.2, 0) is 14.9 Å². The number of carbonyl (C=O) groups excluding carboxylic acids is 2. The van der Waals surface area contributed by atoms with E-state index in [1.807, 2.05) is 45.9 Å². The van der Waals surface area contributed by atoms with Crippen LogP contribution < -0.4 is 5.32 Å². The molecule has 0 radical (unpaired) electrons. The lowest BCUT2D eigenvalue weighted by atomic mass is 9.80. The van der Waals surface area contributed by atoms with Gasteiger partial charge in [0.25, 0.3) is 0 Å². The molecule has 0 saturated carbocycles. The molecule has 3 rings (SSSR count). The molecule has 2 aliphatic rings. The normalized spacial score (nSPS) is 23.6. The average Bonchev–Trinajstić information content (AvgIpc) is 2.95. The van der Waals surface area contributed by atoms with Gasteiger partial charge in [-0.05, 0) is 45.2 Å². The summed E-state index contributed by atoms with van der Waals surface area (Å²) in [6.07, 6.45) is 0.285. The summed E-state index contributed by atoms with van der Waals surface area (Å²) in [6, 6.07) is 5.93. The molecule has 1 atom stereocenters. The molecule has 1 N–H and O–H groups in total. The number of benzene rings is 1. The highest BCUT2D eigenvalue weighted by Gasteiger charge is 2.52. The second-order valence-electron chi connectivity index (χ2n) is 7.19. The van der Waals surface area contributed by atoms with Crippen LogP contribution in [0.1, 0.15) is 38.3 Å². The zero-order valence-corrected chi connectivity index (χ0v) is 13.5. The molecule has 0 bridgehead atoms. The van der Waals surface area contributed by atoms with Gasteiger partial charge < -0.3 is 15.0 Å². The minimum Gasteiger partial charge on any atom is -0.444 e. The van der Waals surface area contributed by atoms with Gasteiger partial charge in [-0.15, -0.1) is 0 Å². The Hall–Kier alpha value is -2.04. The number of rotatable bonds is 0. The highest BCUT2D eigenvalue weighted by Crippen LogP contribution is 2.45. The lowest BCUT2D eigenvalue weighted by Crippen LogP contribution is -2.41. The van der Waals surface area contributed by atoms with Gasteiger partial charge in [0.05, 0.1) is 5.41 Å². The van der Waals surface area contributed by atoms with Crippen LogP contribution in [0.25, 0.3) is 0 Å². The van der Waals surface area contributed by atoms with Crippen molar-refractivity contribution in [3.8, 4) is 0 Å². The van der Waals surface area contributed by atoms with E-state index in [1.165, 1.54) is 0 Å². The molecule has 1 fully saturated rings. The SMILES string of the molecule is Cc1cccc2c1NC(=O)[C@]21CCN(C(=O)OC(C)(C)C)C1. The molecule has 0 unspecified atom stereocenters. The van der Waals surface area contributed by atoms with Crippen molar-refractivity contribution in [3.05, 3.63) is 29.3 Å². The smallest absolute Gasteiger partial charge is 0.410 e. The van der Waals surface area contributed by atoms with Crippen molar-refractivity contribution >= 4 is 17.7 Å². The third-order valence-corrected chi connectivity index (χ3v) is 4.38. The van der Waals surface area contributed by atoms with Crippen LogP contribution in [0.3, 0.4) is 0 Å². The fraction of sp³-hybridized carbons (Fsp3) is 0.529. The van der Waals surface area contributed by atoms with E-state index in [0.29, 0.717) is 19.5 Å². The van der Waals surface area contributed by atoms with Gasteiger partial charge in [-0.3, -0.25) is 4.79 Å². The topological polar surface area (TPSA) is 58.6 Å². The zero-order chi connectivity index (χ0) is 16.1. The van der Waals surface area contributed by atoms with Crippen molar-refractivity contribution in [1.29, 1.82) is 0 Å². The molecule has 1 aromatic carbocycles. The van der Waals surface area contributed by atoms with E-state index in [2.05, 4.69) is 5.32 Å². The summed E-state index contributed by atoms with van der Waals surface area (Å²) in [7, 11) is 0. The monoisotopic (exact) mass is 302 g/mol. The van der Waals surface area contributed by atoms with Crippen LogP contribution in [-0.4, -0.2) is 35.6 Å². The number of nitrogens with one attached hydrogen (secondary N) is 1. The summed E-state index contributed by atoms with van der Waals surface area (Å²) in [4.78, 5) is 26.5. The molecular formula is C17H22N2O3. The van der Waals surface area contributed by atoms with Gasteiger partial charge in [0.1, 0.15) is 5.60 Å². The maximum absolute atomic E-state index is 12.6. The van der Waals surface area contributed by atoms with Crippen LogP contribution in [0, 0.1) is 6.92 Å². The number of carbonyl (C=O) groups is 2. The Kier molecular flexibility index (Phi) is 3.20. The Morgan fingerprint density at radius 1 is 1.36 bits per heavy atom. The van der Waals surface area contributed by atoms with Crippen molar-refractivity contribution in [2.75, 3.05) is 18.4 Å². The first kappa shape index (κ1) is 14.9. The molecule has 1 spiro atoms.